The zero-order valence-electron chi connectivity index (χ0n) is 8.04. The third-order valence-electron chi connectivity index (χ3n) is 1.31. The van der Waals surface area contributed by atoms with Crippen molar-refractivity contribution in [1.29, 1.82) is 0 Å². The van der Waals surface area contributed by atoms with E-state index in [1.54, 1.807) is 13.1 Å². The van der Waals surface area contributed by atoms with E-state index >= 15 is 0 Å². The summed E-state index contributed by atoms with van der Waals surface area (Å²) in [6.07, 6.45) is 6.59. The van der Waals surface area contributed by atoms with Gasteiger partial charge in [0.15, 0.2) is 0 Å². The lowest BCUT2D eigenvalue weighted by molar-refractivity contribution is 0.431. The Kier molecular flexibility index (Phi) is 5.19. The van der Waals surface area contributed by atoms with E-state index in [9.17, 15) is 5.11 Å². The molecule has 0 aromatic rings. The first-order chi connectivity index (χ1) is 6.10. The van der Waals surface area contributed by atoms with Gasteiger partial charge in [0, 0.05) is 13.1 Å². The topological polar surface area (TPSA) is 58.3 Å². The maximum atomic E-state index is 9.32. The largest absolute Gasteiger partial charge is 0.508 e. The molecular weight excluding hydrogens is 164 g/mol. The second-order valence-electron chi connectivity index (χ2n) is 2.49. The van der Waals surface area contributed by atoms with Crippen LogP contribution in [0.2, 0.25) is 0 Å². The monoisotopic (exact) mass is 180 g/mol. The van der Waals surface area contributed by atoms with Crippen LogP contribution in [0.25, 0.3) is 0 Å². The first-order valence-electron chi connectivity index (χ1n) is 3.97. The number of hydrogen-bond donors (Lipinski definition) is 3. The lowest BCUT2D eigenvalue weighted by Gasteiger charge is -1.98. The van der Waals surface area contributed by atoms with Crippen molar-refractivity contribution in [1.82, 2.24) is 5.32 Å². The minimum absolute atomic E-state index is 0.0787. The number of aliphatic hydroxyl groups is 1. The SMILES string of the molecule is C=C(/C=C\C)/C=C(O)\C=C(/N)NC. The van der Waals surface area contributed by atoms with Crippen molar-refractivity contribution in [3.8, 4) is 0 Å². The third kappa shape index (κ3) is 5.61. The molecule has 0 aromatic carbocycles. The molecule has 0 bridgehead atoms. The Morgan fingerprint density at radius 2 is 2.08 bits per heavy atom. The van der Waals surface area contributed by atoms with Gasteiger partial charge in [0.25, 0.3) is 0 Å². The molecule has 3 heteroatoms. The molecule has 0 aliphatic carbocycles. The van der Waals surface area contributed by atoms with E-state index in [-0.39, 0.29) is 5.76 Å². The van der Waals surface area contributed by atoms with Crippen molar-refractivity contribution in [3.63, 3.8) is 0 Å². The van der Waals surface area contributed by atoms with Crippen LogP contribution in [0, 0.1) is 0 Å². The molecule has 0 unspecified atom stereocenters. The molecule has 4 N–H and O–H groups in total. The number of allylic oxidation sites excluding steroid dienone is 5. The molecular formula is C10H16N2O. The minimum Gasteiger partial charge on any atom is -0.508 e. The Labute approximate surface area is 78.9 Å². The van der Waals surface area contributed by atoms with E-state index < -0.39 is 0 Å². The van der Waals surface area contributed by atoms with Crippen molar-refractivity contribution in [2.75, 3.05) is 7.05 Å². The molecule has 0 amide bonds. The van der Waals surface area contributed by atoms with E-state index in [2.05, 4.69) is 11.9 Å². The normalized spacial score (nSPS) is 13.4. The molecule has 0 aliphatic heterocycles. The van der Waals surface area contributed by atoms with Crippen LogP contribution in [0.15, 0.2) is 48.0 Å². The number of rotatable bonds is 4. The number of nitrogens with two attached hydrogens (primary N) is 1. The molecule has 0 rings (SSSR count). The van der Waals surface area contributed by atoms with Gasteiger partial charge in [-0.05, 0) is 18.6 Å². The molecule has 0 atom stereocenters. The van der Waals surface area contributed by atoms with Gasteiger partial charge in [0.1, 0.15) is 5.76 Å². The Morgan fingerprint density at radius 3 is 2.54 bits per heavy atom. The maximum absolute atomic E-state index is 9.32. The first-order valence-corrected chi connectivity index (χ1v) is 3.97. The fourth-order valence-corrected chi connectivity index (χ4v) is 0.725. The van der Waals surface area contributed by atoms with Crippen LogP contribution < -0.4 is 11.1 Å². The second kappa shape index (κ2) is 5.94. The molecule has 0 spiro atoms. The van der Waals surface area contributed by atoms with Crippen LogP contribution in [0.3, 0.4) is 0 Å². The fraction of sp³-hybridized carbons (Fsp3) is 0.200. The summed E-state index contributed by atoms with van der Waals surface area (Å²) >= 11 is 0. The highest BCUT2D eigenvalue weighted by atomic mass is 16.3. The van der Waals surface area contributed by atoms with Crippen molar-refractivity contribution < 1.29 is 5.11 Å². The molecule has 0 saturated carbocycles. The zero-order chi connectivity index (χ0) is 10.3. The summed E-state index contributed by atoms with van der Waals surface area (Å²) in [5, 5.41) is 12.0. The summed E-state index contributed by atoms with van der Waals surface area (Å²) in [4.78, 5) is 0. The average molecular weight is 180 g/mol. The van der Waals surface area contributed by atoms with Crippen LogP contribution in [0.5, 0.6) is 0 Å². The van der Waals surface area contributed by atoms with Crippen molar-refractivity contribution in [2.24, 2.45) is 5.73 Å². The minimum atomic E-state index is 0.0787. The van der Waals surface area contributed by atoms with Gasteiger partial charge in [-0.1, -0.05) is 18.7 Å². The summed E-state index contributed by atoms with van der Waals surface area (Å²) in [5.74, 6) is 0.483. The van der Waals surface area contributed by atoms with Crippen LogP contribution in [0.1, 0.15) is 6.92 Å². The smallest absolute Gasteiger partial charge is 0.119 e. The van der Waals surface area contributed by atoms with Crippen LogP contribution in [0.4, 0.5) is 0 Å². The lowest BCUT2D eigenvalue weighted by atomic mass is 10.2. The summed E-state index contributed by atoms with van der Waals surface area (Å²) in [6, 6.07) is 0. The summed E-state index contributed by atoms with van der Waals surface area (Å²) in [7, 11) is 1.68. The zero-order valence-corrected chi connectivity index (χ0v) is 8.04. The molecule has 0 radical (unpaired) electrons. The van der Waals surface area contributed by atoms with Crippen LogP contribution >= 0.6 is 0 Å². The van der Waals surface area contributed by atoms with Crippen LogP contribution in [-0.4, -0.2) is 12.2 Å². The van der Waals surface area contributed by atoms with Gasteiger partial charge < -0.3 is 16.2 Å². The number of nitrogens with one attached hydrogen (secondary N) is 1. The molecule has 0 saturated heterocycles. The highest BCUT2D eigenvalue weighted by Gasteiger charge is 1.89. The average Bonchev–Trinajstić information content (AvgIpc) is 2.04. The molecule has 0 aliphatic rings. The molecule has 0 heterocycles. The molecule has 0 fully saturated rings. The maximum Gasteiger partial charge on any atom is 0.119 e. The molecule has 72 valence electrons. The fourth-order valence-electron chi connectivity index (χ4n) is 0.725. The summed E-state index contributed by atoms with van der Waals surface area (Å²) in [5.41, 5.74) is 6.15. The van der Waals surface area contributed by atoms with Gasteiger partial charge in [-0.25, -0.2) is 0 Å². The van der Waals surface area contributed by atoms with E-state index in [0.717, 1.165) is 5.57 Å². The Morgan fingerprint density at radius 1 is 1.46 bits per heavy atom. The Balaban J connectivity index is 4.41. The van der Waals surface area contributed by atoms with E-state index in [0.29, 0.717) is 5.82 Å². The highest BCUT2D eigenvalue weighted by Crippen LogP contribution is 2.01. The van der Waals surface area contributed by atoms with Crippen molar-refractivity contribution >= 4 is 0 Å². The quantitative estimate of drug-likeness (QED) is 0.454. The summed E-state index contributed by atoms with van der Waals surface area (Å²) in [6.45, 7) is 5.59. The van der Waals surface area contributed by atoms with E-state index in [4.69, 9.17) is 5.73 Å². The summed E-state index contributed by atoms with van der Waals surface area (Å²) < 4.78 is 0. The van der Waals surface area contributed by atoms with Gasteiger partial charge in [-0.3, -0.25) is 0 Å². The molecule has 13 heavy (non-hydrogen) atoms. The third-order valence-corrected chi connectivity index (χ3v) is 1.31. The number of aliphatic hydroxyl groups excluding tert-OH is 1. The molecule has 3 nitrogen and oxygen atoms in total. The van der Waals surface area contributed by atoms with Crippen LogP contribution in [-0.2, 0) is 0 Å². The van der Waals surface area contributed by atoms with Gasteiger partial charge in [-0.15, -0.1) is 0 Å². The molecule has 0 aromatic heterocycles. The lowest BCUT2D eigenvalue weighted by Crippen LogP contribution is -2.14. The number of hydrogen-bond acceptors (Lipinski definition) is 3. The predicted octanol–water partition coefficient (Wildman–Crippen LogP) is 1.58. The second-order valence-corrected chi connectivity index (χ2v) is 2.49. The van der Waals surface area contributed by atoms with Crippen molar-refractivity contribution in [3.05, 3.63) is 48.0 Å². The van der Waals surface area contributed by atoms with E-state index in [1.165, 1.54) is 12.2 Å². The van der Waals surface area contributed by atoms with E-state index in [1.807, 2.05) is 13.0 Å². The van der Waals surface area contributed by atoms with Crippen molar-refractivity contribution in [2.45, 2.75) is 6.92 Å². The van der Waals surface area contributed by atoms with Gasteiger partial charge >= 0.3 is 0 Å². The first kappa shape index (κ1) is 11.4. The van der Waals surface area contributed by atoms with Gasteiger partial charge in [0.2, 0.25) is 0 Å². The predicted molar refractivity (Wildman–Crippen MR) is 56.0 cm³/mol. The Bertz CT molecular complexity index is 262. The van der Waals surface area contributed by atoms with Gasteiger partial charge in [0.05, 0.1) is 5.82 Å². The standard InChI is InChI=1S/C10H16N2O/c1-4-5-8(2)6-9(13)7-10(11)12-3/h4-7,12-13H,2,11H2,1,3H3/b5-4-,9-6+,10-7+. The highest BCUT2D eigenvalue weighted by molar-refractivity contribution is 5.32. The Hall–Kier alpha value is -1.64. The van der Waals surface area contributed by atoms with Gasteiger partial charge in [-0.2, -0.15) is 0 Å².